The third kappa shape index (κ3) is 5.84. The summed E-state index contributed by atoms with van der Waals surface area (Å²) in [6, 6.07) is 16.1. The number of rotatable bonds is 7. The summed E-state index contributed by atoms with van der Waals surface area (Å²) in [7, 11) is 0. The Morgan fingerprint density at radius 3 is 2.52 bits per heavy atom. The van der Waals surface area contributed by atoms with Crippen LogP contribution in [0.1, 0.15) is 22.3 Å². The predicted octanol–water partition coefficient (Wildman–Crippen LogP) is 2.21. The molecule has 9 heteroatoms. The van der Waals surface area contributed by atoms with Gasteiger partial charge < -0.3 is 9.47 Å². The number of fused-ring (bicyclic) bond motifs is 1. The molecular weight excluding hydrogens is 394 g/mol. The van der Waals surface area contributed by atoms with Gasteiger partial charge in [-0.3, -0.25) is 20.4 Å². The number of hydrogen-bond donors (Lipinski definition) is 2. The van der Waals surface area contributed by atoms with Crippen molar-refractivity contribution in [3.8, 4) is 0 Å². The minimum atomic E-state index is -1.09. The normalized spacial score (nSPS) is 11.6. The highest BCUT2D eigenvalue weighted by Gasteiger charge is 2.19. The third-order valence-corrected chi connectivity index (χ3v) is 4.81. The molecule has 0 fully saturated rings. The molecule has 0 spiro atoms. The first-order valence-corrected chi connectivity index (χ1v) is 9.61. The molecule has 0 bridgehead atoms. The van der Waals surface area contributed by atoms with Crippen LogP contribution in [0.5, 0.6) is 0 Å². The largest absolute Gasteiger partial charge is 0.451 e. The Morgan fingerprint density at radius 2 is 1.76 bits per heavy atom. The maximum atomic E-state index is 12.0. The molecular formula is C20H19N3O5S. The van der Waals surface area contributed by atoms with Crippen LogP contribution in [-0.4, -0.2) is 35.5 Å². The van der Waals surface area contributed by atoms with Crippen LogP contribution in [0.25, 0.3) is 10.2 Å². The summed E-state index contributed by atoms with van der Waals surface area (Å²) in [5.74, 6) is -1.83. The second-order valence-corrected chi connectivity index (χ2v) is 7.12. The second-order valence-electron chi connectivity index (χ2n) is 6.01. The van der Waals surface area contributed by atoms with Gasteiger partial charge in [0, 0.05) is 5.56 Å². The monoisotopic (exact) mass is 413 g/mol. The first-order valence-electron chi connectivity index (χ1n) is 8.80. The second kappa shape index (κ2) is 9.76. The SMILES string of the molecule is C[C@@H](OC(=O)COCc1nc2ccccc2s1)C(=O)NNC(=O)c1ccccc1. The molecule has 0 radical (unpaired) electrons. The number of hydrazine groups is 1. The average molecular weight is 413 g/mol. The van der Waals surface area contributed by atoms with Crippen LogP contribution in [0.4, 0.5) is 0 Å². The van der Waals surface area contributed by atoms with Crippen molar-refractivity contribution in [1.82, 2.24) is 15.8 Å². The molecule has 0 saturated carbocycles. The maximum absolute atomic E-state index is 12.0. The lowest BCUT2D eigenvalue weighted by atomic mass is 10.2. The Labute approximate surface area is 170 Å². The van der Waals surface area contributed by atoms with Crippen LogP contribution in [0.15, 0.2) is 54.6 Å². The van der Waals surface area contributed by atoms with Crippen molar-refractivity contribution in [1.29, 1.82) is 0 Å². The number of benzene rings is 2. The fourth-order valence-corrected chi connectivity index (χ4v) is 3.27. The highest BCUT2D eigenvalue weighted by molar-refractivity contribution is 7.18. The molecule has 3 aromatic rings. The zero-order chi connectivity index (χ0) is 20.6. The van der Waals surface area contributed by atoms with Crippen LogP contribution < -0.4 is 10.9 Å². The number of nitrogens with zero attached hydrogens (tertiary/aromatic N) is 1. The fraction of sp³-hybridized carbons (Fsp3) is 0.200. The molecule has 0 unspecified atom stereocenters. The maximum Gasteiger partial charge on any atom is 0.332 e. The Bertz CT molecular complexity index is 973. The summed E-state index contributed by atoms with van der Waals surface area (Å²) in [6.07, 6.45) is -1.09. The van der Waals surface area contributed by atoms with E-state index in [1.54, 1.807) is 30.3 Å². The number of ether oxygens (including phenoxy) is 2. The van der Waals surface area contributed by atoms with E-state index < -0.39 is 23.9 Å². The zero-order valence-electron chi connectivity index (χ0n) is 15.6. The van der Waals surface area contributed by atoms with E-state index in [1.807, 2.05) is 24.3 Å². The molecule has 1 aromatic heterocycles. The number of thiazole rings is 1. The van der Waals surface area contributed by atoms with Crippen molar-refractivity contribution >= 4 is 39.3 Å². The molecule has 0 aliphatic carbocycles. The quantitative estimate of drug-likeness (QED) is 0.454. The van der Waals surface area contributed by atoms with E-state index in [0.717, 1.165) is 15.2 Å². The number of amides is 2. The topological polar surface area (TPSA) is 107 Å². The number of hydrogen-bond acceptors (Lipinski definition) is 7. The van der Waals surface area contributed by atoms with E-state index in [0.29, 0.717) is 5.56 Å². The number of para-hydroxylation sites is 1. The van der Waals surface area contributed by atoms with Crippen molar-refractivity contribution in [2.75, 3.05) is 6.61 Å². The smallest absolute Gasteiger partial charge is 0.332 e. The van der Waals surface area contributed by atoms with Crippen molar-refractivity contribution < 1.29 is 23.9 Å². The number of aromatic nitrogens is 1. The van der Waals surface area contributed by atoms with Crippen LogP contribution >= 0.6 is 11.3 Å². The van der Waals surface area contributed by atoms with Crippen LogP contribution in [0.3, 0.4) is 0 Å². The van der Waals surface area contributed by atoms with Gasteiger partial charge in [0.2, 0.25) is 0 Å². The first-order chi connectivity index (χ1) is 14.0. The molecule has 8 nitrogen and oxygen atoms in total. The Hall–Kier alpha value is -3.30. The highest BCUT2D eigenvalue weighted by atomic mass is 32.1. The van der Waals surface area contributed by atoms with Gasteiger partial charge in [-0.05, 0) is 31.2 Å². The van der Waals surface area contributed by atoms with Gasteiger partial charge in [-0.15, -0.1) is 11.3 Å². The molecule has 0 aliphatic rings. The average Bonchev–Trinajstić information content (AvgIpc) is 3.15. The molecule has 2 amide bonds. The predicted molar refractivity (Wildman–Crippen MR) is 107 cm³/mol. The molecule has 150 valence electrons. The molecule has 2 N–H and O–H groups in total. The Morgan fingerprint density at radius 1 is 1.03 bits per heavy atom. The summed E-state index contributed by atoms with van der Waals surface area (Å²) < 4.78 is 11.4. The molecule has 1 heterocycles. The lowest BCUT2D eigenvalue weighted by Gasteiger charge is -2.14. The molecule has 1 atom stereocenters. The molecule has 0 aliphatic heterocycles. The summed E-state index contributed by atoms with van der Waals surface area (Å²) >= 11 is 1.48. The summed E-state index contributed by atoms with van der Waals surface area (Å²) in [6.45, 7) is 1.25. The zero-order valence-corrected chi connectivity index (χ0v) is 16.4. The van der Waals surface area contributed by atoms with Gasteiger partial charge in [-0.1, -0.05) is 30.3 Å². The van der Waals surface area contributed by atoms with Crippen LogP contribution in [0, 0.1) is 0 Å². The van der Waals surface area contributed by atoms with Crippen molar-refractivity contribution in [2.45, 2.75) is 19.6 Å². The van der Waals surface area contributed by atoms with Crippen molar-refractivity contribution in [3.63, 3.8) is 0 Å². The van der Waals surface area contributed by atoms with E-state index in [1.165, 1.54) is 18.3 Å². The minimum absolute atomic E-state index is 0.169. The fourth-order valence-electron chi connectivity index (χ4n) is 2.37. The Kier molecular flexibility index (Phi) is 6.88. The van der Waals surface area contributed by atoms with Gasteiger partial charge in [0.15, 0.2) is 6.10 Å². The molecule has 0 saturated heterocycles. The highest BCUT2D eigenvalue weighted by Crippen LogP contribution is 2.21. The van der Waals surface area contributed by atoms with E-state index in [-0.39, 0.29) is 13.2 Å². The van der Waals surface area contributed by atoms with E-state index in [9.17, 15) is 14.4 Å². The van der Waals surface area contributed by atoms with Gasteiger partial charge in [0.1, 0.15) is 11.6 Å². The van der Waals surface area contributed by atoms with Gasteiger partial charge in [0.05, 0.1) is 16.8 Å². The standard InChI is InChI=1S/C20H19N3O5S/c1-13(19(25)22-23-20(26)14-7-3-2-4-8-14)28-18(24)12-27-11-17-21-15-9-5-6-10-16(15)29-17/h2-10,13H,11-12H2,1H3,(H,22,25)(H,23,26)/t13-/m1/s1. The number of esters is 1. The summed E-state index contributed by atoms with van der Waals surface area (Å²) in [4.78, 5) is 40.1. The van der Waals surface area contributed by atoms with Crippen molar-refractivity contribution in [2.24, 2.45) is 0 Å². The lowest BCUT2D eigenvalue weighted by molar-refractivity contribution is -0.159. The van der Waals surface area contributed by atoms with Gasteiger partial charge >= 0.3 is 5.97 Å². The van der Waals surface area contributed by atoms with E-state index in [4.69, 9.17) is 9.47 Å². The first kappa shape index (κ1) is 20.4. The Balaban J connectivity index is 1.37. The van der Waals surface area contributed by atoms with Gasteiger partial charge in [-0.2, -0.15) is 0 Å². The molecule has 29 heavy (non-hydrogen) atoms. The minimum Gasteiger partial charge on any atom is -0.451 e. The number of nitrogens with one attached hydrogen (secondary N) is 2. The van der Waals surface area contributed by atoms with Crippen LogP contribution in [-0.2, 0) is 25.7 Å². The molecule has 2 aromatic carbocycles. The molecule has 3 rings (SSSR count). The van der Waals surface area contributed by atoms with E-state index >= 15 is 0 Å². The third-order valence-electron chi connectivity index (χ3n) is 3.80. The van der Waals surface area contributed by atoms with Gasteiger partial charge in [0.25, 0.3) is 11.8 Å². The lowest BCUT2D eigenvalue weighted by Crippen LogP contribution is -2.46. The summed E-state index contributed by atoms with van der Waals surface area (Å²) in [5, 5.41) is 0.744. The van der Waals surface area contributed by atoms with Crippen molar-refractivity contribution in [3.05, 3.63) is 65.2 Å². The van der Waals surface area contributed by atoms with E-state index in [2.05, 4.69) is 15.8 Å². The number of carbonyl (C=O) groups excluding carboxylic acids is 3. The number of carbonyl (C=O) groups is 3. The van der Waals surface area contributed by atoms with Gasteiger partial charge in [-0.25, -0.2) is 9.78 Å². The van der Waals surface area contributed by atoms with Crippen LogP contribution in [0.2, 0.25) is 0 Å². The summed E-state index contributed by atoms with van der Waals surface area (Å²) in [5.41, 5.74) is 5.75.